The van der Waals surface area contributed by atoms with Gasteiger partial charge in [-0.2, -0.15) is 0 Å². The molecule has 0 aliphatic carbocycles. The topological polar surface area (TPSA) is 126 Å². The van der Waals surface area contributed by atoms with Crippen LogP contribution in [0, 0.1) is 18.7 Å². The summed E-state index contributed by atoms with van der Waals surface area (Å²) < 4.78 is 15.5. The van der Waals surface area contributed by atoms with E-state index in [1.165, 1.54) is 17.0 Å². The van der Waals surface area contributed by atoms with Gasteiger partial charge in [-0.15, -0.1) is 0 Å². The van der Waals surface area contributed by atoms with Crippen LogP contribution in [-0.4, -0.2) is 50.4 Å². The Labute approximate surface area is 214 Å². The lowest BCUT2D eigenvalue weighted by Gasteiger charge is -2.45. The Morgan fingerprint density at radius 1 is 1.27 bits per heavy atom. The molecule has 1 saturated heterocycles. The number of nitrogens with zero attached hydrogens (tertiary/aromatic N) is 5. The molecule has 1 fully saturated rings. The third-order valence-electron chi connectivity index (χ3n) is 6.56. The van der Waals surface area contributed by atoms with Gasteiger partial charge in [-0.3, -0.25) is 19.4 Å². The number of aryl methyl sites for hydroxylation is 2. The van der Waals surface area contributed by atoms with Gasteiger partial charge in [0.1, 0.15) is 17.7 Å². The van der Waals surface area contributed by atoms with Crippen molar-refractivity contribution in [1.82, 2.24) is 24.8 Å². The van der Waals surface area contributed by atoms with E-state index >= 15 is 0 Å². The summed E-state index contributed by atoms with van der Waals surface area (Å²) >= 11 is 0. The highest BCUT2D eigenvalue weighted by molar-refractivity contribution is 6.12. The number of likely N-dealkylation sites (N-methyl/N-ethyl adjacent to an activating group) is 1. The minimum atomic E-state index is -1.06. The normalized spacial score (nSPS) is 17.8. The summed E-state index contributed by atoms with van der Waals surface area (Å²) in [6.07, 6.45) is 3.92. The van der Waals surface area contributed by atoms with Gasteiger partial charge >= 0.3 is 6.03 Å². The molecule has 1 unspecified atom stereocenters. The quantitative estimate of drug-likeness (QED) is 0.474. The number of anilines is 2. The molecule has 1 aromatic carbocycles. The number of nitrogen functional groups attached to an aromatic ring is 1. The second kappa shape index (κ2) is 10.4. The van der Waals surface area contributed by atoms with Crippen molar-refractivity contribution in [3.63, 3.8) is 0 Å². The van der Waals surface area contributed by atoms with Crippen LogP contribution in [-0.2, 0) is 23.1 Å². The molecule has 0 saturated carbocycles. The molecule has 3 atom stereocenters. The van der Waals surface area contributed by atoms with Crippen LogP contribution in [0.3, 0.4) is 0 Å². The standard InChI is InChI=1S/C26H30FN7O3/c1-5-20(17-7-6-8-18(27)14-17)31-26(37)34-22(24(36)33(4)25-29-9-10-32(25)3)19(23(34)35)12-16-11-15(2)30-21(28)13-16/h6-11,13-14,19-20,22H,5,12H2,1-4H3,(H2,28,30)(H,31,37)/t19-,20?,22+/m1/s1. The first-order chi connectivity index (χ1) is 17.6. The van der Waals surface area contributed by atoms with Gasteiger partial charge in [-0.25, -0.2) is 19.2 Å². The average molecular weight is 508 g/mol. The highest BCUT2D eigenvalue weighted by Crippen LogP contribution is 2.33. The highest BCUT2D eigenvalue weighted by atomic mass is 19.1. The Hall–Kier alpha value is -4.28. The molecule has 4 rings (SSSR count). The van der Waals surface area contributed by atoms with Gasteiger partial charge in [0.15, 0.2) is 0 Å². The monoisotopic (exact) mass is 507 g/mol. The summed E-state index contributed by atoms with van der Waals surface area (Å²) in [6, 6.07) is 7.05. The second-order valence-corrected chi connectivity index (χ2v) is 9.21. The van der Waals surface area contributed by atoms with Crippen molar-refractivity contribution in [2.45, 2.75) is 38.8 Å². The predicted molar refractivity (Wildman–Crippen MR) is 136 cm³/mol. The van der Waals surface area contributed by atoms with Crippen molar-refractivity contribution in [2.24, 2.45) is 13.0 Å². The maximum absolute atomic E-state index is 13.8. The molecule has 3 aromatic rings. The van der Waals surface area contributed by atoms with E-state index in [0.29, 0.717) is 29.4 Å². The molecule has 1 aliphatic rings. The Morgan fingerprint density at radius 2 is 2.03 bits per heavy atom. The van der Waals surface area contributed by atoms with Crippen LogP contribution in [0.1, 0.15) is 36.2 Å². The van der Waals surface area contributed by atoms with Crippen molar-refractivity contribution in [3.8, 4) is 0 Å². The zero-order valence-corrected chi connectivity index (χ0v) is 21.2. The molecule has 3 N–H and O–H groups in total. The lowest BCUT2D eigenvalue weighted by molar-refractivity contribution is -0.156. The first kappa shape index (κ1) is 25.8. The van der Waals surface area contributed by atoms with E-state index < -0.39 is 41.7 Å². The summed E-state index contributed by atoms with van der Waals surface area (Å²) in [5.41, 5.74) is 7.87. The molecule has 194 valence electrons. The van der Waals surface area contributed by atoms with Crippen molar-refractivity contribution in [2.75, 3.05) is 17.7 Å². The zero-order valence-electron chi connectivity index (χ0n) is 21.2. The molecule has 3 heterocycles. The van der Waals surface area contributed by atoms with Crippen LogP contribution in [0.4, 0.5) is 21.0 Å². The van der Waals surface area contributed by atoms with Gasteiger partial charge < -0.3 is 15.6 Å². The lowest BCUT2D eigenvalue weighted by Crippen LogP contribution is -2.70. The van der Waals surface area contributed by atoms with Gasteiger partial charge in [0.2, 0.25) is 11.9 Å². The zero-order chi connectivity index (χ0) is 26.9. The van der Waals surface area contributed by atoms with Crippen molar-refractivity contribution < 1.29 is 18.8 Å². The SMILES string of the molecule is CCC(NC(=O)N1C(=O)[C@H](Cc2cc(C)nc(N)c2)[C@H]1C(=O)N(C)c1nccn1C)c1cccc(F)c1. The number of halogens is 1. The van der Waals surface area contributed by atoms with Crippen LogP contribution in [0.5, 0.6) is 0 Å². The number of carbonyl (C=O) groups excluding carboxylic acids is 3. The fourth-order valence-corrected chi connectivity index (χ4v) is 4.74. The number of carbonyl (C=O) groups is 3. The van der Waals surface area contributed by atoms with Crippen LogP contribution in [0.2, 0.25) is 0 Å². The Morgan fingerprint density at radius 3 is 2.65 bits per heavy atom. The van der Waals surface area contributed by atoms with Gasteiger partial charge in [-0.1, -0.05) is 19.1 Å². The number of amides is 4. The molecule has 1 aliphatic heterocycles. The van der Waals surface area contributed by atoms with Crippen molar-refractivity contribution >= 4 is 29.6 Å². The van der Waals surface area contributed by atoms with E-state index in [0.717, 1.165) is 10.5 Å². The van der Waals surface area contributed by atoms with E-state index in [4.69, 9.17) is 5.73 Å². The summed E-state index contributed by atoms with van der Waals surface area (Å²) in [6.45, 7) is 3.63. The van der Waals surface area contributed by atoms with E-state index in [1.54, 1.807) is 62.2 Å². The summed E-state index contributed by atoms with van der Waals surface area (Å²) in [4.78, 5) is 50.9. The van der Waals surface area contributed by atoms with E-state index in [1.807, 2.05) is 6.92 Å². The number of rotatable bonds is 7. The average Bonchev–Trinajstić information content (AvgIpc) is 3.28. The number of β-lactam (4-membered cyclic amide) rings is 1. The molecule has 11 heteroatoms. The third kappa shape index (κ3) is 5.16. The van der Waals surface area contributed by atoms with Crippen molar-refractivity contribution in [3.05, 3.63) is 71.4 Å². The number of urea groups is 1. The predicted octanol–water partition coefficient (Wildman–Crippen LogP) is 2.74. The van der Waals surface area contributed by atoms with Crippen LogP contribution >= 0.6 is 0 Å². The van der Waals surface area contributed by atoms with Gasteiger partial charge in [0.05, 0.1) is 12.0 Å². The van der Waals surface area contributed by atoms with Gasteiger partial charge in [-0.05, 0) is 55.2 Å². The minimum absolute atomic E-state index is 0.210. The maximum atomic E-state index is 13.8. The Bertz CT molecular complexity index is 1320. The summed E-state index contributed by atoms with van der Waals surface area (Å²) in [5.74, 6) is -1.46. The molecule has 10 nitrogen and oxygen atoms in total. The number of nitrogens with one attached hydrogen (secondary N) is 1. The molecule has 0 bridgehead atoms. The molecular weight excluding hydrogens is 477 g/mol. The number of imidazole rings is 1. The largest absolute Gasteiger partial charge is 0.384 e. The molecule has 37 heavy (non-hydrogen) atoms. The maximum Gasteiger partial charge on any atom is 0.325 e. The third-order valence-corrected chi connectivity index (χ3v) is 6.56. The molecule has 0 radical (unpaired) electrons. The summed E-state index contributed by atoms with van der Waals surface area (Å²) in [7, 11) is 3.30. The fraction of sp³-hybridized carbons (Fsp3) is 0.346. The van der Waals surface area contributed by atoms with Crippen molar-refractivity contribution in [1.29, 1.82) is 0 Å². The number of imide groups is 1. The van der Waals surface area contributed by atoms with Gasteiger partial charge in [0, 0.05) is 32.2 Å². The number of hydrogen-bond donors (Lipinski definition) is 2. The molecule has 2 aromatic heterocycles. The second-order valence-electron chi connectivity index (χ2n) is 9.21. The highest BCUT2D eigenvalue weighted by Gasteiger charge is 2.55. The Kier molecular flexibility index (Phi) is 7.23. The van der Waals surface area contributed by atoms with E-state index in [9.17, 15) is 18.8 Å². The number of pyridine rings is 1. The van der Waals surface area contributed by atoms with Crippen LogP contribution < -0.4 is 16.0 Å². The number of nitrogens with two attached hydrogens (primary N) is 1. The molecule has 4 amide bonds. The van der Waals surface area contributed by atoms with Crippen LogP contribution in [0.15, 0.2) is 48.8 Å². The number of aromatic nitrogens is 3. The molecular formula is C26H30FN7O3. The van der Waals surface area contributed by atoms with E-state index in [2.05, 4.69) is 15.3 Å². The van der Waals surface area contributed by atoms with Gasteiger partial charge in [0.25, 0.3) is 5.91 Å². The number of likely N-dealkylation sites (tertiary alicyclic amines) is 1. The summed E-state index contributed by atoms with van der Waals surface area (Å²) in [5, 5.41) is 2.79. The van der Waals surface area contributed by atoms with E-state index in [-0.39, 0.29) is 6.42 Å². The fourth-order valence-electron chi connectivity index (χ4n) is 4.74. The number of benzene rings is 1. The smallest absolute Gasteiger partial charge is 0.325 e. The minimum Gasteiger partial charge on any atom is -0.384 e. The van der Waals surface area contributed by atoms with Crippen LogP contribution in [0.25, 0.3) is 0 Å². The Balaban J connectivity index is 1.62. The first-order valence-electron chi connectivity index (χ1n) is 12.0. The molecule has 0 spiro atoms. The first-order valence-corrected chi connectivity index (χ1v) is 12.0. The number of hydrogen-bond acceptors (Lipinski definition) is 6. The lowest BCUT2D eigenvalue weighted by atomic mass is 9.81.